The number of carbonyl (C=O) groups excluding carboxylic acids is 1. The molecule has 1 atom stereocenters. The predicted octanol–water partition coefficient (Wildman–Crippen LogP) is 2.68. The highest BCUT2D eigenvalue weighted by molar-refractivity contribution is 5.79. The van der Waals surface area contributed by atoms with E-state index in [4.69, 9.17) is 4.74 Å². The molecule has 0 amide bonds. The van der Waals surface area contributed by atoms with Gasteiger partial charge in [-0.05, 0) is 28.3 Å². The minimum absolute atomic E-state index is 0.236. The van der Waals surface area contributed by atoms with E-state index in [2.05, 4.69) is 4.98 Å². The molecule has 1 aromatic rings. The summed E-state index contributed by atoms with van der Waals surface area (Å²) in [5.74, 6) is -1.08. The Kier molecular flexibility index (Phi) is 4.58. The maximum Gasteiger partial charge on any atom is 0.363 e. The van der Waals surface area contributed by atoms with Crippen molar-refractivity contribution in [3.8, 4) is 0 Å². The van der Waals surface area contributed by atoms with Gasteiger partial charge in [-0.1, -0.05) is 20.8 Å². The zero-order valence-electron chi connectivity index (χ0n) is 11.5. The van der Waals surface area contributed by atoms with Crippen LogP contribution in [-0.4, -0.2) is 22.5 Å². The number of hydrogen-bond acceptors (Lipinski definition) is 5. The molecular weight excluding hydrogens is 248 g/mol. The van der Waals surface area contributed by atoms with E-state index in [-0.39, 0.29) is 17.2 Å². The summed E-state index contributed by atoms with van der Waals surface area (Å²) in [7, 11) is 0. The lowest BCUT2D eigenvalue weighted by molar-refractivity contribution is -0.389. The van der Waals surface area contributed by atoms with Crippen molar-refractivity contribution in [2.75, 3.05) is 6.61 Å². The summed E-state index contributed by atoms with van der Waals surface area (Å²) in [4.78, 5) is 25.8. The molecule has 19 heavy (non-hydrogen) atoms. The van der Waals surface area contributed by atoms with Crippen LogP contribution >= 0.6 is 0 Å². The highest BCUT2D eigenvalue weighted by Gasteiger charge is 2.35. The highest BCUT2D eigenvalue weighted by atomic mass is 16.6. The van der Waals surface area contributed by atoms with Crippen LogP contribution in [0, 0.1) is 15.5 Å². The molecule has 0 saturated heterocycles. The molecule has 6 nitrogen and oxygen atoms in total. The van der Waals surface area contributed by atoms with Crippen LogP contribution in [0.15, 0.2) is 18.3 Å². The van der Waals surface area contributed by atoms with E-state index >= 15 is 0 Å². The van der Waals surface area contributed by atoms with E-state index in [0.717, 1.165) is 0 Å². The first-order chi connectivity index (χ1) is 8.77. The average Bonchev–Trinajstić information content (AvgIpc) is 2.28. The molecule has 0 bridgehead atoms. The van der Waals surface area contributed by atoms with Crippen molar-refractivity contribution in [1.29, 1.82) is 0 Å². The zero-order valence-corrected chi connectivity index (χ0v) is 11.5. The Morgan fingerprint density at radius 2 is 2.11 bits per heavy atom. The molecule has 0 N–H and O–H groups in total. The van der Waals surface area contributed by atoms with E-state index in [1.807, 2.05) is 20.8 Å². The van der Waals surface area contributed by atoms with Gasteiger partial charge in [0.1, 0.15) is 6.20 Å². The summed E-state index contributed by atoms with van der Waals surface area (Å²) in [5.41, 5.74) is 0.265. The molecule has 0 aromatic carbocycles. The third kappa shape index (κ3) is 3.74. The number of nitrogens with zero attached hydrogens (tertiary/aromatic N) is 2. The molecule has 0 spiro atoms. The maximum absolute atomic E-state index is 12.0. The van der Waals surface area contributed by atoms with Gasteiger partial charge < -0.3 is 14.9 Å². The summed E-state index contributed by atoms with van der Waals surface area (Å²) >= 11 is 0. The van der Waals surface area contributed by atoms with Crippen molar-refractivity contribution in [1.82, 2.24) is 4.98 Å². The number of hydrogen-bond donors (Lipinski definition) is 0. The molecule has 0 saturated carbocycles. The molecule has 6 heteroatoms. The average molecular weight is 266 g/mol. The third-order valence-corrected chi connectivity index (χ3v) is 2.68. The summed E-state index contributed by atoms with van der Waals surface area (Å²) in [6, 6.07) is 2.85. The van der Waals surface area contributed by atoms with Gasteiger partial charge in [-0.2, -0.15) is 0 Å². The molecule has 1 heterocycles. The minimum atomic E-state index is -0.569. The quantitative estimate of drug-likeness (QED) is 0.475. The third-order valence-electron chi connectivity index (χ3n) is 2.68. The van der Waals surface area contributed by atoms with Crippen molar-refractivity contribution in [3.05, 3.63) is 34.0 Å². The highest BCUT2D eigenvalue weighted by Crippen LogP contribution is 2.36. The smallest absolute Gasteiger partial charge is 0.363 e. The fraction of sp³-hybridized carbons (Fsp3) is 0.538. The lowest BCUT2D eigenvalue weighted by Crippen LogP contribution is -2.28. The molecule has 0 radical (unpaired) electrons. The van der Waals surface area contributed by atoms with Gasteiger partial charge in [0.05, 0.1) is 12.5 Å². The predicted molar refractivity (Wildman–Crippen MR) is 69.7 cm³/mol. The summed E-state index contributed by atoms with van der Waals surface area (Å²) < 4.78 is 5.06. The number of pyridine rings is 1. The minimum Gasteiger partial charge on any atom is -0.466 e. The van der Waals surface area contributed by atoms with Crippen molar-refractivity contribution in [3.63, 3.8) is 0 Å². The topological polar surface area (TPSA) is 82.3 Å². The van der Waals surface area contributed by atoms with Gasteiger partial charge in [0.2, 0.25) is 0 Å². The van der Waals surface area contributed by atoms with Crippen molar-refractivity contribution >= 4 is 11.8 Å². The Morgan fingerprint density at radius 3 is 2.47 bits per heavy atom. The van der Waals surface area contributed by atoms with E-state index in [1.165, 1.54) is 12.3 Å². The number of esters is 1. The first kappa shape index (κ1) is 15.1. The van der Waals surface area contributed by atoms with Crippen LogP contribution in [0.4, 0.5) is 5.82 Å². The Hall–Kier alpha value is -1.98. The number of rotatable bonds is 4. The van der Waals surface area contributed by atoms with Crippen LogP contribution in [-0.2, 0) is 9.53 Å². The molecule has 0 aliphatic heterocycles. The van der Waals surface area contributed by atoms with Crippen molar-refractivity contribution in [2.45, 2.75) is 33.6 Å². The largest absolute Gasteiger partial charge is 0.466 e. The SMILES string of the molecule is CCOC(=O)C(c1ccc([N+](=O)[O-])nc1)C(C)(C)C. The molecule has 0 fully saturated rings. The maximum atomic E-state index is 12.0. The molecule has 1 aromatic heterocycles. The second-order valence-corrected chi connectivity index (χ2v) is 5.26. The second kappa shape index (κ2) is 5.77. The lowest BCUT2D eigenvalue weighted by Gasteiger charge is -2.28. The van der Waals surface area contributed by atoms with E-state index in [1.54, 1.807) is 13.0 Å². The van der Waals surface area contributed by atoms with Gasteiger partial charge in [0.25, 0.3) is 0 Å². The van der Waals surface area contributed by atoms with Crippen molar-refractivity contribution in [2.24, 2.45) is 5.41 Å². The fourth-order valence-corrected chi connectivity index (χ4v) is 1.89. The van der Waals surface area contributed by atoms with Crippen LogP contribution in [0.25, 0.3) is 0 Å². The van der Waals surface area contributed by atoms with Gasteiger partial charge in [-0.25, -0.2) is 0 Å². The number of nitro groups is 1. The van der Waals surface area contributed by atoms with Crippen LogP contribution in [0.5, 0.6) is 0 Å². The number of carbonyl (C=O) groups is 1. The monoisotopic (exact) mass is 266 g/mol. The molecule has 1 rings (SSSR count). The van der Waals surface area contributed by atoms with Gasteiger partial charge in [-0.3, -0.25) is 4.79 Å². The molecule has 0 aliphatic carbocycles. The Morgan fingerprint density at radius 1 is 1.47 bits per heavy atom. The van der Waals surface area contributed by atoms with E-state index < -0.39 is 10.8 Å². The standard InChI is InChI=1S/C13H18N2O4/c1-5-19-12(16)11(13(2,3)4)9-6-7-10(14-8-9)15(17)18/h6-8,11H,5H2,1-4H3. The van der Waals surface area contributed by atoms with Crippen LogP contribution in [0.2, 0.25) is 0 Å². The van der Waals surface area contributed by atoms with E-state index in [0.29, 0.717) is 12.2 Å². The first-order valence-corrected chi connectivity index (χ1v) is 6.04. The van der Waals surface area contributed by atoms with E-state index in [9.17, 15) is 14.9 Å². The molecule has 104 valence electrons. The Labute approximate surface area is 111 Å². The Balaban J connectivity index is 3.11. The van der Waals surface area contributed by atoms with Gasteiger partial charge in [0, 0.05) is 11.6 Å². The molecule has 1 unspecified atom stereocenters. The van der Waals surface area contributed by atoms with Gasteiger partial charge in [-0.15, -0.1) is 0 Å². The number of ether oxygens (including phenoxy) is 1. The summed E-state index contributed by atoms with van der Waals surface area (Å²) in [6.07, 6.45) is 1.37. The zero-order chi connectivity index (χ0) is 14.6. The molecular formula is C13H18N2O4. The number of aromatic nitrogens is 1. The van der Waals surface area contributed by atoms with Crippen LogP contribution < -0.4 is 0 Å². The fourth-order valence-electron chi connectivity index (χ4n) is 1.89. The normalized spacial score (nSPS) is 12.8. The van der Waals surface area contributed by atoms with Gasteiger partial charge >= 0.3 is 11.8 Å². The van der Waals surface area contributed by atoms with Crippen LogP contribution in [0.1, 0.15) is 39.2 Å². The molecule has 0 aliphatic rings. The Bertz CT molecular complexity index is 463. The lowest BCUT2D eigenvalue weighted by atomic mass is 9.77. The van der Waals surface area contributed by atoms with Crippen molar-refractivity contribution < 1.29 is 14.5 Å². The van der Waals surface area contributed by atoms with Gasteiger partial charge in [0.15, 0.2) is 0 Å². The first-order valence-electron chi connectivity index (χ1n) is 6.04. The van der Waals surface area contributed by atoms with Crippen LogP contribution in [0.3, 0.4) is 0 Å². The summed E-state index contributed by atoms with van der Waals surface area (Å²) in [5, 5.41) is 10.6. The second-order valence-electron chi connectivity index (χ2n) is 5.26. The summed E-state index contributed by atoms with van der Waals surface area (Å²) in [6.45, 7) is 7.78.